The Morgan fingerprint density at radius 1 is 1.04 bits per heavy atom. The molecular formula is C16H28N4O6S. The van der Waals surface area contributed by atoms with Gasteiger partial charge in [0.25, 0.3) is 0 Å². The van der Waals surface area contributed by atoms with E-state index < -0.39 is 36.5 Å². The number of carboxylic acids is 2. The van der Waals surface area contributed by atoms with Gasteiger partial charge in [-0.1, -0.05) is 6.92 Å². The van der Waals surface area contributed by atoms with Crippen molar-refractivity contribution in [3.8, 4) is 0 Å². The third-order valence-electron chi connectivity index (χ3n) is 3.49. The summed E-state index contributed by atoms with van der Waals surface area (Å²) in [6.07, 6.45) is 2.67. The minimum atomic E-state index is -1.34. The molecule has 0 aromatic rings. The first-order valence-corrected chi connectivity index (χ1v) is 9.19. The number of thiocarbonyl (C=S) groups is 1. The molecule has 0 aliphatic rings. The van der Waals surface area contributed by atoms with Gasteiger partial charge in [0, 0.05) is 19.5 Å². The minimum absolute atomic E-state index is 0.249. The molecule has 0 saturated carbocycles. The maximum Gasteiger partial charge on any atom is 0.326 e. The van der Waals surface area contributed by atoms with E-state index in [4.69, 9.17) is 22.4 Å². The topological polar surface area (TPSA) is 157 Å². The third-order valence-corrected chi connectivity index (χ3v) is 3.78. The van der Waals surface area contributed by atoms with E-state index in [0.29, 0.717) is 30.8 Å². The molecule has 0 spiro atoms. The summed E-state index contributed by atoms with van der Waals surface area (Å²) in [4.78, 5) is 44.5. The number of amides is 2. The maximum absolute atomic E-state index is 11.8. The molecule has 0 radical (unpaired) electrons. The molecule has 0 rings (SSSR count). The highest BCUT2D eigenvalue weighted by Gasteiger charge is 2.22. The van der Waals surface area contributed by atoms with E-state index in [1.54, 1.807) is 0 Å². The van der Waals surface area contributed by atoms with E-state index in [1.165, 1.54) is 0 Å². The summed E-state index contributed by atoms with van der Waals surface area (Å²) in [7, 11) is 0. The quantitative estimate of drug-likeness (QED) is 0.135. The van der Waals surface area contributed by atoms with Crippen molar-refractivity contribution in [1.82, 2.24) is 21.3 Å². The molecule has 0 aliphatic heterocycles. The number of unbranched alkanes of at least 4 members (excludes halogenated alkanes) is 1. The average molecular weight is 404 g/mol. The fraction of sp³-hybridized carbons (Fsp3) is 0.688. The summed E-state index contributed by atoms with van der Waals surface area (Å²) >= 11 is 5.07. The Kier molecular flexibility index (Phi) is 13.4. The Labute approximate surface area is 163 Å². The molecule has 2 atom stereocenters. The highest BCUT2D eigenvalue weighted by atomic mass is 32.1. The van der Waals surface area contributed by atoms with E-state index in [-0.39, 0.29) is 6.42 Å². The normalized spacial score (nSPS) is 12.3. The van der Waals surface area contributed by atoms with Gasteiger partial charge in [0.05, 0.1) is 6.04 Å². The SMILES string of the molecule is CCCNC(=S)NCCCCC(C=O)NC(=O)NC(CCC(=O)O)C(=O)O. The zero-order valence-corrected chi connectivity index (χ0v) is 16.1. The second-order valence-electron chi connectivity index (χ2n) is 5.86. The van der Waals surface area contributed by atoms with Gasteiger partial charge in [-0.3, -0.25) is 4.79 Å². The van der Waals surface area contributed by atoms with Gasteiger partial charge < -0.3 is 36.3 Å². The van der Waals surface area contributed by atoms with Gasteiger partial charge >= 0.3 is 18.0 Å². The molecule has 0 heterocycles. The van der Waals surface area contributed by atoms with Crippen LogP contribution in [0, 0.1) is 0 Å². The fourth-order valence-electron chi connectivity index (χ4n) is 2.06. The summed E-state index contributed by atoms with van der Waals surface area (Å²) in [5.74, 6) is -2.50. The van der Waals surface area contributed by atoms with Crippen LogP contribution in [-0.4, -0.2) is 64.8 Å². The zero-order valence-electron chi connectivity index (χ0n) is 15.3. The number of carbonyl (C=O) groups is 4. The second-order valence-corrected chi connectivity index (χ2v) is 6.27. The minimum Gasteiger partial charge on any atom is -0.481 e. The van der Waals surface area contributed by atoms with Crippen molar-refractivity contribution < 1.29 is 29.4 Å². The van der Waals surface area contributed by atoms with Gasteiger partial charge in [-0.05, 0) is 44.3 Å². The molecule has 0 bridgehead atoms. The van der Waals surface area contributed by atoms with Gasteiger partial charge in [-0.2, -0.15) is 0 Å². The Bertz CT molecular complexity index is 517. The monoisotopic (exact) mass is 404 g/mol. The summed E-state index contributed by atoms with van der Waals surface area (Å²) in [5.41, 5.74) is 0. The Balaban J connectivity index is 4.13. The number of aliphatic carboxylic acids is 2. The Hall–Kier alpha value is -2.43. The number of nitrogens with one attached hydrogen (secondary N) is 4. The molecule has 2 amide bonds. The first kappa shape index (κ1) is 24.6. The summed E-state index contributed by atoms with van der Waals surface area (Å²) in [5, 5.41) is 28.8. The highest BCUT2D eigenvalue weighted by Crippen LogP contribution is 2.01. The predicted octanol–water partition coefficient (Wildman–Crippen LogP) is 0.216. The van der Waals surface area contributed by atoms with Crippen LogP contribution >= 0.6 is 12.2 Å². The van der Waals surface area contributed by atoms with Crippen LogP contribution in [0.5, 0.6) is 0 Å². The van der Waals surface area contributed by atoms with Crippen molar-refractivity contribution >= 4 is 41.6 Å². The lowest BCUT2D eigenvalue weighted by Crippen LogP contribution is -2.49. The smallest absolute Gasteiger partial charge is 0.326 e. The molecule has 11 heteroatoms. The lowest BCUT2D eigenvalue weighted by atomic mass is 10.1. The number of hydrogen-bond donors (Lipinski definition) is 6. The van der Waals surface area contributed by atoms with Crippen LogP contribution in [0.2, 0.25) is 0 Å². The molecular weight excluding hydrogens is 376 g/mol. The number of carbonyl (C=O) groups excluding carboxylic acids is 2. The molecule has 0 saturated heterocycles. The standard InChI is InChI=1S/C16H28N4O6S/c1-2-8-17-16(27)18-9-4-3-5-11(10-21)19-15(26)20-12(14(24)25)6-7-13(22)23/h10-12H,2-9H2,1H3,(H,22,23)(H,24,25)(H2,17,18,27)(H2,19,20,26). The summed E-state index contributed by atoms with van der Waals surface area (Å²) < 4.78 is 0. The van der Waals surface area contributed by atoms with Crippen molar-refractivity contribution in [3.63, 3.8) is 0 Å². The van der Waals surface area contributed by atoms with Crippen molar-refractivity contribution in [1.29, 1.82) is 0 Å². The van der Waals surface area contributed by atoms with Gasteiger partial charge in [0.2, 0.25) is 0 Å². The van der Waals surface area contributed by atoms with Crippen molar-refractivity contribution in [2.45, 2.75) is 57.5 Å². The molecule has 6 N–H and O–H groups in total. The highest BCUT2D eigenvalue weighted by molar-refractivity contribution is 7.80. The number of hydrogen-bond acceptors (Lipinski definition) is 5. The molecule has 0 aromatic heterocycles. The molecule has 0 aliphatic carbocycles. The Morgan fingerprint density at radius 3 is 2.26 bits per heavy atom. The van der Waals surface area contributed by atoms with E-state index >= 15 is 0 Å². The lowest BCUT2D eigenvalue weighted by Gasteiger charge is -2.17. The van der Waals surface area contributed by atoms with E-state index in [9.17, 15) is 19.2 Å². The third kappa shape index (κ3) is 13.4. The van der Waals surface area contributed by atoms with E-state index in [0.717, 1.165) is 19.4 Å². The van der Waals surface area contributed by atoms with Crippen LogP contribution in [0.1, 0.15) is 45.4 Å². The molecule has 154 valence electrons. The molecule has 2 unspecified atom stereocenters. The maximum atomic E-state index is 11.8. The first-order chi connectivity index (χ1) is 12.8. The molecule has 0 aromatic carbocycles. The predicted molar refractivity (Wildman–Crippen MR) is 103 cm³/mol. The molecule has 0 fully saturated rings. The van der Waals surface area contributed by atoms with Crippen LogP contribution in [0.25, 0.3) is 0 Å². The summed E-state index contributed by atoms with van der Waals surface area (Å²) in [6.45, 7) is 3.45. The van der Waals surface area contributed by atoms with Gasteiger partial charge in [-0.15, -0.1) is 0 Å². The molecule has 10 nitrogen and oxygen atoms in total. The van der Waals surface area contributed by atoms with Crippen molar-refractivity contribution in [2.24, 2.45) is 0 Å². The number of rotatable bonds is 14. The first-order valence-electron chi connectivity index (χ1n) is 8.78. The number of urea groups is 1. The van der Waals surface area contributed by atoms with Crippen molar-refractivity contribution in [2.75, 3.05) is 13.1 Å². The van der Waals surface area contributed by atoms with Gasteiger partial charge in [0.15, 0.2) is 5.11 Å². The molecule has 27 heavy (non-hydrogen) atoms. The average Bonchev–Trinajstić information content (AvgIpc) is 2.61. The number of aldehydes is 1. The van der Waals surface area contributed by atoms with E-state index in [2.05, 4.69) is 21.3 Å². The largest absolute Gasteiger partial charge is 0.481 e. The van der Waals surface area contributed by atoms with Crippen LogP contribution in [-0.2, 0) is 14.4 Å². The number of carboxylic acid groups (broad SMARTS) is 2. The van der Waals surface area contributed by atoms with Crippen LogP contribution in [0.4, 0.5) is 4.79 Å². The van der Waals surface area contributed by atoms with Crippen LogP contribution < -0.4 is 21.3 Å². The van der Waals surface area contributed by atoms with Crippen LogP contribution in [0.15, 0.2) is 0 Å². The Morgan fingerprint density at radius 2 is 1.70 bits per heavy atom. The second kappa shape index (κ2) is 14.7. The van der Waals surface area contributed by atoms with Crippen molar-refractivity contribution in [3.05, 3.63) is 0 Å². The van der Waals surface area contributed by atoms with Gasteiger partial charge in [0.1, 0.15) is 12.3 Å². The van der Waals surface area contributed by atoms with Crippen LogP contribution in [0.3, 0.4) is 0 Å². The van der Waals surface area contributed by atoms with Gasteiger partial charge in [-0.25, -0.2) is 9.59 Å². The lowest BCUT2D eigenvalue weighted by molar-refractivity contribution is -0.140. The fourth-order valence-corrected chi connectivity index (χ4v) is 2.26. The summed E-state index contributed by atoms with van der Waals surface area (Å²) in [6, 6.07) is -2.92. The van der Waals surface area contributed by atoms with E-state index in [1.807, 2.05) is 6.92 Å². The zero-order chi connectivity index (χ0) is 20.7.